The molecule has 2 N–H and O–H groups in total. The molecular formula is C16H16ClNO. The Labute approximate surface area is 118 Å². The summed E-state index contributed by atoms with van der Waals surface area (Å²) >= 11 is 6.00. The van der Waals surface area contributed by atoms with Crippen molar-refractivity contribution in [2.24, 2.45) is 0 Å². The number of anilines is 1. The minimum Gasteiger partial charge on any atom is -0.494 e. The van der Waals surface area contributed by atoms with Gasteiger partial charge in [0.25, 0.3) is 0 Å². The van der Waals surface area contributed by atoms with E-state index < -0.39 is 0 Å². The van der Waals surface area contributed by atoms with Crippen LogP contribution in [0.1, 0.15) is 18.1 Å². The molecule has 98 valence electrons. The van der Waals surface area contributed by atoms with Gasteiger partial charge in [-0.05, 0) is 48.4 Å². The lowest BCUT2D eigenvalue weighted by atomic mass is 9.98. The van der Waals surface area contributed by atoms with Gasteiger partial charge in [0.15, 0.2) is 0 Å². The molecule has 0 aliphatic rings. The van der Waals surface area contributed by atoms with E-state index in [1.165, 1.54) is 0 Å². The molecule has 0 unspecified atom stereocenters. The van der Waals surface area contributed by atoms with Crippen molar-refractivity contribution in [3.05, 3.63) is 65.2 Å². The Hall–Kier alpha value is -1.93. The quantitative estimate of drug-likeness (QED) is 0.839. The molecule has 0 saturated heterocycles. The van der Waals surface area contributed by atoms with Crippen molar-refractivity contribution in [2.75, 3.05) is 12.3 Å². The third kappa shape index (κ3) is 3.09. The van der Waals surface area contributed by atoms with Gasteiger partial charge >= 0.3 is 0 Å². The molecule has 0 spiro atoms. The molecule has 0 aliphatic heterocycles. The van der Waals surface area contributed by atoms with Gasteiger partial charge in [-0.15, -0.1) is 0 Å². The normalized spacial score (nSPS) is 10.2. The molecular weight excluding hydrogens is 258 g/mol. The summed E-state index contributed by atoms with van der Waals surface area (Å²) in [7, 11) is 0. The van der Waals surface area contributed by atoms with Gasteiger partial charge in [-0.3, -0.25) is 0 Å². The molecule has 2 aromatic carbocycles. The van der Waals surface area contributed by atoms with Crippen molar-refractivity contribution in [1.82, 2.24) is 0 Å². The van der Waals surface area contributed by atoms with Crippen molar-refractivity contribution in [2.45, 2.75) is 6.92 Å². The second-order valence-corrected chi connectivity index (χ2v) is 4.60. The van der Waals surface area contributed by atoms with Gasteiger partial charge in [-0.25, -0.2) is 0 Å². The van der Waals surface area contributed by atoms with Gasteiger partial charge < -0.3 is 10.5 Å². The van der Waals surface area contributed by atoms with Crippen LogP contribution in [0.15, 0.2) is 49.0 Å². The molecule has 0 radical (unpaired) electrons. The zero-order valence-electron chi connectivity index (χ0n) is 10.8. The van der Waals surface area contributed by atoms with Gasteiger partial charge in [0, 0.05) is 16.3 Å². The van der Waals surface area contributed by atoms with Gasteiger partial charge in [-0.1, -0.05) is 30.3 Å². The molecule has 2 nitrogen and oxygen atoms in total. The molecule has 0 aromatic heterocycles. The predicted octanol–water partition coefficient (Wildman–Crippen LogP) is 4.38. The fourth-order valence-electron chi connectivity index (χ4n) is 1.86. The first-order chi connectivity index (χ1) is 9.11. The smallest absolute Gasteiger partial charge is 0.119 e. The molecule has 19 heavy (non-hydrogen) atoms. The highest BCUT2D eigenvalue weighted by molar-refractivity contribution is 6.30. The Kier molecular flexibility index (Phi) is 4.13. The summed E-state index contributed by atoms with van der Waals surface area (Å²) in [4.78, 5) is 0. The fraction of sp³-hybridized carbons (Fsp3) is 0.125. The molecule has 0 atom stereocenters. The second-order valence-electron chi connectivity index (χ2n) is 4.17. The number of benzene rings is 2. The largest absolute Gasteiger partial charge is 0.494 e. The minimum absolute atomic E-state index is 0.649. The molecule has 0 fully saturated rings. The molecule has 0 aliphatic carbocycles. The minimum atomic E-state index is 0.649. The van der Waals surface area contributed by atoms with E-state index in [0.717, 1.165) is 22.4 Å². The van der Waals surface area contributed by atoms with Gasteiger partial charge in [0.1, 0.15) is 5.75 Å². The van der Waals surface area contributed by atoms with Crippen LogP contribution in [0.3, 0.4) is 0 Å². The first-order valence-electron chi connectivity index (χ1n) is 6.09. The number of nitrogen functional groups attached to an aromatic ring is 1. The Balaban J connectivity index is 2.30. The van der Waals surface area contributed by atoms with Crippen LogP contribution >= 0.6 is 11.6 Å². The van der Waals surface area contributed by atoms with E-state index >= 15 is 0 Å². The number of ether oxygens (including phenoxy) is 1. The number of halogens is 1. The van der Waals surface area contributed by atoms with Crippen LogP contribution in [-0.2, 0) is 0 Å². The molecule has 0 amide bonds. The lowest BCUT2D eigenvalue weighted by Gasteiger charge is -2.11. The van der Waals surface area contributed by atoms with Crippen molar-refractivity contribution in [3.63, 3.8) is 0 Å². The SMILES string of the molecule is C=C(c1ccc(OCC)cc1)c1cc(Cl)ccc1N. The van der Waals surface area contributed by atoms with Crippen LogP contribution in [0.2, 0.25) is 5.02 Å². The molecule has 0 bridgehead atoms. The highest BCUT2D eigenvalue weighted by atomic mass is 35.5. The van der Waals surface area contributed by atoms with Crippen LogP contribution in [0, 0.1) is 0 Å². The summed E-state index contributed by atoms with van der Waals surface area (Å²) < 4.78 is 5.41. The molecule has 0 heterocycles. The third-order valence-corrected chi connectivity index (χ3v) is 3.09. The van der Waals surface area contributed by atoms with Crippen LogP contribution in [0.5, 0.6) is 5.75 Å². The van der Waals surface area contributed by atoms with Crippen molar-refractivity contribution >= 4 is 22.9 Å². The monoisotopic (exact) mass is 273 g/mol. The summed E-state index contributed by atoms with van der Waals surface area (Å²) in [5.41, 5.74) is 9.34. The third-order valence-electron chi connectivity index (χ3n) is 2.85. The average Bonchev–Trinajstić information content (AvgIpc) is 2.42. The van der Waals surface area contributed by atoms with Gasteiger partial charge in [-0.2, -0.15) is 0 Å². The zero-order chi connectivity index (χ0) is 13.8. The number of nitrogens with two attached hydrogens (primary N) is 1. The Morgan fingerprint density at radius 2 is 1.89 bits per heavy atom. The predicted molar refractivity (Wildman–Crippen MR) is 81.6 cm³/mol. The lowest BCUT2D eigenvalue weighted by Crippen LogP contribution is -1.95. The fourth-order valence-corrected chi connectivity index (χ4v) is 2.04. The van der Waals surface area contributed by atoms with Crippen molar-refractivity contribution in [3.8, 4) is 5.75 Å². The van der Waals surface area contributed by atoms with Crippen LogP contribution < -0.4 is 10.5 Å². The number of hydrogen-bond acceptors (Lipinski definition) is 2. The second kappa shape index (κ2) is 5.81. The highest BCUT2D eigenvalue weighted by Gasteiger charge is 2.07. The maximum atomic E-state index is 6.00. The van der Waals surface area contributed by atoms with Crippen molar-refractivity contribution in [1.29, 1.82) is 0 Å². The van der Waals surface area contributed by atoms with Crippen LogP contribution in [0.4, 0.5) is 5.69 Å². The molecule has 0 saturated carbocycles. The lowest BCUT2D eigenvalue weighted by molar-refractivity contribution is 0.340. The number of hydrogen-bond donors (Lipinski definition) is 1. The average molecular weight is 274 g/mol. The Morgan fingerprint density at radius 3 is 2.53 bits per heavy atom. The van der Waals surface area contributed by atoms with Crippen molar-refractivity contribution < 1.29 is 4.74 Å². The van der Waals surface area contributed by atoms with E-state index in [2.05, 4.69) is 6.58 Å². The first-order valence-corrected chi connectivity index (χ1v) is 6.47. The summed E-state index contributed by atoms with van der Waals surface area (Å²) in [6.07, 6.45) is 0. The summed E-state index contributed by atoms with van der Waals surface area (Å²) in [5, 5.41) is 0.649. The van der Waals surface area contributed by atoms with E-state index in [9.17, 15) is 0 Å². The zero-order valence-corrected chi connectivity index (χ0v) is 11.6. The summed E-state index contributed by atoms with van der Waals surface area (Å²) in [5.74, 6) is 0.845. The maximum absolute atomic E-state index is 6.00. The van der Waals surface area contributed by atoms with Crippen LogP contribution in [-0.4, -0.2) is 6.61 Å². The van der Waals surface area contributed by atoms with E-state index in [0.29, 0.717) is 17.3 Å². The summed E-state index contributed by atoms with van der Waals surface area (Å²) in [6, 6.07) is 13.2. The molecule has 3 heteroatoms. The maximum Gasteiger partial charge on any atom is 0.119 e. The van der Waals surface area contributed by atoms with E-state index in [1.54, 1.807) is 12.1 Å². The van der Waals surface area contributed by atoms with E-state index in [-0.39, 0.29) is 0 Å². The van der Waals surface area contributed by atoms with E-state index in [1.807, 2.05) is 37.3 Å². The first kappa shape index (κ1) is 13.5. The summed E-state index contributed by atoms with van der Waals surface area (Å²) in [6.45, 7) is 6.71. The highest BCUT2D eigenvalue weighted by Crippen LogP contribution is 2.29. The van der Waals surface area contributed by atoms with Gasteiger partial charge in [0.05, 0.1) is 6.61 Å². The number of rotatable bonds is 4. The molecule has 2 aromatic rings. The van der Waals surface area contributed by atoms with Crippen LogP contribution in [0.25, 0.3) is 5.57 Å². The Morgan fingerprint density at radius 1 is 1.21 bits per heavy atom. The standard InChI is InChI=1S/C16H16ClNO/c1-3-19-14-7-4-12(5-8-14)11(2)15-10-13(17)6-9-16(15)18/h4-10H,2-3,18H2,1H3. The Bertz CT molecular complexity index is 590. The molecule has 2 rings (SSSR count). The van der Waals surface area contributed by atoms with Gasteiger partial charge in [0.2, 0.25) is 0 Å². The van der Waals surface area contributed by atoms with E-state index in [4.69, 9.17) is 22.1 Å². The topological polar surface area (TPSA) is 35.2 Å².